The van der Waals surface area contributed by atoms with E-state index in [1.54, 1.807) is 31.1 Å². The lowest BCUT2D eigenvalue weighted by Crippen LogP contribution is -2.18. The summed E-state index contributed by atoms with van der Waals surface area (Å²) in [4.78, 5) is 16.9. The zero-order valence-corrected chi connectivity index (χ0v) is 19.2. The normalized spacial score (nSPS) is 11.9. The van der Waals surface area contributed by atoms with Crippen molar-refractivity contribution in [2.45, 2.75) is 30.3 Å². The minimum atomic E-state index is -0.433. The summed E-state index contributed by atoms with van der Waals surface area (Å²) in [5.41, 5.74) is 2.46. The van der Waals surface area contributed by atoms with Gasteiger partial charge in [-0.2, -0.15) is 0 Å². The number of thioether (sulfide) groups is 1. The van der Waals surface area contributed by atoms with E-state index in [0.717, 1.165) is 28.5 Å². The molecule has 1 atom stereocenters. The van der Waals surface area contributed by atoms with Crippen molar-refractivity contribution in [2.24, 2.45) is 0 Å². The quantitative estimate of drug-likeness (QED) is 0.290. The topological polar surface area (TPSA) is 53.4 Å². The van der Waals surface area contributed by atoms with E-state index in [1.807, 2.05) is 47.9 Å². The van der Waals surface area contributed by atoms with Crippen LogP contribution in [0.15, 0.2) is 53.8 Å². The second-order valence-corrected chi connectivity index (χ2v) is 8.28. The SMILES string of the molecule is CCC(c1ccc(Cl)c(Cl)c1)n1c(C(=O)OC)cnc1SCc1ccc(OC)cc1. The fraction of sp³-hybridized carbons (Fsp3) is 0.273. The van der Waals surface area contributed by atoms with Gasteiger partial charge in [0.25, 0.3) is 0 Å². The Hall–Kier alpha value is -2.15. The molecule has 0 aliphatic carbocycles. The van der Waals surface area contributed by atoms with Crippen molar-refractivity contribution in [2.75, 3.05) is 14.2 Å². The van der Waals surface area contributed by atoms with Gasteiger partial charge in [-0.1, -0.05) is 60.1 Å². The van der Waals surface area contributed by atoms with E-state index in [2.05, 4.69) is 4.98 Å². The van der Waals surface area contributed by atoms with Crippen molar-refractivity contribution < 1.29 is 14.3 Å². The molecular weight excluding hydrogens is 443 g/mol. The van der Waals surface area contributed by atoms with Gasteiger partial charge in [0, 0.05) is 5.75 Å². The summed E-state index contributed by atoms with van der Waals surface area (Å²) in [5.74, 6) is 1.07. The number of esters is 1. The van der Waals surface area contributed by atoms with Crippen LogP contribution >= 0.6 is 35.0 Å². The van der Waals surface area contributed by atoms with Crippen LogP contribution in [-0.2, 0) is 10.5 Å². The van der Waals surface area contributed by atoms with Gasteiger partial charge in [-0.15, -0.1) is 0 Å². The predicted molar refractivity (Wildman–Crippen MR) is 121 cm³/mol. The Labute approximate surface area is 190 Å². The summed E-state index contributed by atoms with van der Waals surface area (Å²) in [7, 11) is 3.01. The molecule has 0 fully saturated rings. The van der Waals surface area contributed by atoms with E-state index in [1.165, 1.54) is 7.11 Å². The molecule has 0 aliphatic heterocycles. The largest absolute Gasteiger partial charge is 0.497 e. The molecule has 30 heavy (non-hydrogen) atoms. The van der Waals surface area contributed by atoms with Crippen molar-refractivity contribution >= 4 is 40.9 Å². The lowest BCUT2D eigenvalue weighted by atomic mass is 10.0. The van der Waals surface area contributed by atoms with E-state index in [0.29, 0.717) is 21.5 Å². The Bertz CT molecular complexity index is 1020. The zero-order chi connectivity index (χ0) is 21.7. The van der Waals surface area contributed by atoms with Gasteiger partial charge in [-0.3, -0.25) is 0 Å². The Morgan fingerprint density at radius 3 is 2.47 bits per heavy atom. The van der Waals surface area contributed by atoms with Gasteiger partial charge >= 0.3 is 5.97 Å². The van der Waals surface area contributed by atoms with Crippen LogP contribution < -0.4 is 4.74 Å². The van der Waals surface area contributed by atoms with Gasteiger partial charge in [-0.05, 0) is 41.8 Å². The third-order valence-corrected chi connectivity index (χ3v) is 6.49. The molecule has 3 aromatic rings. The Kier molecular flexibility index (Phi) is 7.69. The first-order chi connectivity index (χ1) is 14.5. The first-order valence-electron chi connectivity index (χ1n) is 9.34. The number of carbonyl (C=O) groups excluding carboxylic acids is 1. The van der Waals surface area contributed by atoms with E-state index < -0.39 is 5.97 Å². The number of carbonyl (C=O) groups is 1. The monoisotopic (exact) mass is 464 g/mol. The molecule has 1 aromatic heterocycles. The first kappa shape index (κ1) is 22.5. The fourth-order valence-corrected chi connectivity index (χ4v) is 4.45. The number of benzene rings is 2. The van der Waals surface area contributed by atoms with Crippen LogP contribution in [0.2, 0.25) is 10.0 Å². The fourth-order valence-electron chi connectivity index (χ4n) is 3.16. The van der Waals surface area contributed by atoms with Crippen LogP contribution in [0.5, 0.6) is 5.75 Å². The molecule has 3 rings (SSSR count). The summed E-state index contributed by atoms with van der Waals surface area (Å²) < 4.78 is 12.1. The highest BCUT2D eigenvalue weighted by Gasteiger charge is 2.24. The summed E-state index contributed by atoms with van der Waals surface area (Å²) in [6.07, 6.45) is 2.29. The van der Waals surface area contributed by atoms with Crippen LogP contribution in [-0.4, -0.2) is 29.7 Å². The number of rotatable bonds is 8. The molecule has 2 aromatic carbocycles. The van der Waals surface area contributed by atoms with Gasteiger partial charge < -0.3 is 14.0 Å². The second-order valence-electron chi connectivity index (χ2n) is 6.52. The number of halogens is 2. The van der Waals surface area contributed by atoms with Crippen LogP contribution in [0.25, 0.3) is 0 Å². The maximum atomic E-state index is 12.4. The molecule has 1 unspecified atom stereocenters. The average Bonchev–Trinajstić information content (AvgIpc) is 3.18. The van der Waals surface area contributed by atoms with Crippen LogP contribution in [0.4, 0.5) is 0 Å². The number of aromatic nitrogens is 2. The Balaban J connectivity index is 1.96. The second kappa shape index (κ2) is 10.2. The third kappa shape index (κ3) is 4.94. The van der Waals surface area contributed by atoms with Gasteiger partial charge in [0.15, 0.2) is 5.16 Å². The molecule has 0 radical (unpaired) electrons. The highest BCUT2D eigenvalue weighted by Crippen LogP contribution is 2.34. The summed E-state index contributed by atoms with van der Waals surface area (Å²) in [6, 6.07) is 13.2. The van der Waals surface area contributed by atoms with Crippen LogP contribution in [0, 0.1) is 0 Å². The molecule has 1 heterocycles. The summed E-state index contributed by atoms with van der Waals surface area (Å²) in [5, 5.41) is 1.69. The van der Waals surface area contributed by atoms with Crippen molar-refractivity contribution in [1.29, 1.82) is 0 Å². The zero-order valence-electron chi connectivity index (χ0n) is 16.9. The average molecular weight is 465 g/mol. The number of ether oxygens (including phenoxy) is 2. The van der Waals surface area contributed by atoms with Gasteiger partial charge in [0.1, 0.15) is 11.4 Å². The Morgan fingerprint density at radius 1 is 1.13 bits per heavy atom. The standard InChI is InChI=1S/C22H22Cl2N2O3S/c1-4-19(15-7-10-17(23)18(24)11-15)26-20(21(27)29-3)12-25-22(26)30-13-14-5-8-16(28-2)9-6-14/h5-12,19H,4,13H2,1-3H3. The first-order valence-corrected chi connectivity index (χ1v) is 11.1. The molecule has 0 aliphatic rings. The molecule has 0 saturated heterocycles. The van der Waals surface area contributed by atoms with Crippen molar-refractivity contribution in [3.05, 3.63) is 75.5 Å². The minimum absolute atomic E-state index is 0.144. The number of imidazole rings is 1. The molecule has 158 valence electrons. The van der Waals surface area contributed by atoms with Crippen molar-refractivity contribution in [3.8, 4) is 5.75 Å². The van der Waals surface area contributed by atoms with E-state index in [9.17, 15) is 4.79 Å². The number of hydrogen-bond donors (Lipinski definition) is 0. The Morgan fingerprint density at radius 2 is 1.87 bits per heavy atom. The molecule has 5 nitrogen and oxygen atoms in total. The molecule has 0 spiro atoms. The van der Waals surface area contributed by atoms with Crippen molar-refractivity contribution in [1.82, 2.24) is 9.55 Å². The number of methoxy groups -OCH3 is 2. The van der Waals surface area contributed by atoms with E-state index in [4.69, 9.17) is 32.7 Å². The van der Waals surface area contributed by atoms with E-state index >= 15 is 0 Å². The van der Waals surface area contributed by atoms with Gasteiger partial charge in [-0.25, -0.2) is 9.78 Å². The minimum Gasteiger partial charge on any atom is -0.497 e. The van der Waals surface area contributed by atoms with Gasteiger partial charge in [0.2, 0.25) is 0 Å². The molecule has 0 N–H and O–H groups in total. The molecule has 8 heteroatoms. The molecule has 0 amide bonds. The lowest BCUT2D eigenvalue weighted by molar-refractivity contribution is 0.0585. The molecule has 0 bridgehead atoms. The summed E-state index contributed by atoms with van der Waals surface area (Å²) in [6.45, 7) is 2.05. The summed E-state index contributed by atoms with van der Waals surface area (Å²) >= 11 is 13.9. The molecule has 0 saturated carbocycles. The maximum Gasteiger partial charge on any atom is 0.356 e. The third-order valence-electron chi connectivity index (χ3n) is 4.71. The highest BCUT2D eigenvalue weighted by atomic mass is 35.5. The van der Waals surface area contributed by atoms with Crippen molar-refractivity contribution in [3.63, 3.8) is 0 Å². The predicted octanol–water partition coefficient (Wildman–Crippen LogP) is 6.28. The highest BCUT2D eigenvalue weighted by molar-refractivity contribution is 7.98. The van der Waals surface area contributed by atoms with Crippen LogP contribution in [0.3, 0.4) is 0 Å². The lowest BCUT2D eigenvalue weighted by Gasteiger charge is -2.22. The number of nitrogens with zero attached hydrogens (tertiary/aromatic N) is 2. The maximum absolute atomic E-state index is 12.4. The van der Waals surface area contributed by atoms with Gasteiger partial charge in [0.05, 0.1) is 36.5 Å². The van der Waals surface area contributed by atoms with Crippen LogP contribution in [0.1, 0.15) is 41.0 Å². The molecular formula is C22H22Cl2N2O3S. The smallest absolute Gasteiger partial charge is 0.356 e. The van der Waals surface area contributed by atoms with E-state index in [-0.39, 0.29) is 6.04 Å². The number of hydrogen-bond acceptors (Lipinski definition) is 5.